The van der Waals surface area contributed by atoms with E-state index in [2.05, 4.69) is 42.5 Å². The minimum absolute atomic E-state index is 0.00939. The summed E-state index contributed by atoms with van der Waals surface area (Å²) in [5, 5.41) is 18.7. The first-order chi connectivity index (χ1) is 41.5. The summed E-state index contributed by atoms with van der Waals surface area (Å²) >= 11 is 13.5. The molecule has 2 fully saturated rings. The largest absolute Gasteiger partial charge is 0.496 e. The number of esters is 3. The number of primary amides is 1. The Morgan fingerprint density at radius 1 is 0.989 bits per heavy atom. The summed E-state index contributed by atoms with van der Waals surface area (Å²) in [7, 11) is 5.77. The van der Waals surface area contributed by atoms with Crippen molar-refractivity contribution < 1.29 is 76.7 Å². The maximum atomic E-state index is 14.5. The first-order valence-corrected chi connectivity index (χ1v) is 32.5. The number of unbranched alkanes of at least 4 members (excludes halogenated alkanes) is 2. The molecule has 0 aromatic heterocycles. The third kappa shape index (κ3) is 19.6. The molecule has 5 N–H and O–H groups in total. The zero-order valence-corrected chi connectivity index (χ0v) is 56.3. The van der Waals surface area contributed by atoms with E-state index in [1.165, 1.54) is 45.2 Å². The van der Waals surface area contributed by atoms with Gasteiger partial charge < -0.3 is 59.7 Å². The highest BCUT2D eigenvalue weighted by atomic mass is 79.9. The van der Waals surface area contributed by atoms with Crippen molar-refractivity contribution in [1.29, 1.82) is 0 Å². The van der Waals surface area contributed by atoms with Crippen molar-refractivity contribution in [3.8, 4) is 5.75 Å². The Kier molecular flexibility index (Phi) is 27.7. The normalized spacial score (nSPS) is 24.1. The molecule has 0 aliphatic carbocycles. The molecule has 3 heterocycles. The molecule has 10 atom stereocenters. The van der Waals surface area contributed by atoms with Crippen LogP contribution in [0.5, 0.6) is 5.75 Å². The van der Waals surface area contributed by atoms with Crippen LogP contribution in [0.3, 0.4) is 0 Å². The Hall–Kier alpha value is -5.72. The molecule has 3 aliphatic rings. The average Bonchev–Trinajstić information content (AvgIpc) is 1.58. The Labute approximate surface area is 538 Å². The molecule has 5 rings (SSSR count). The van der Waals surface area contributed by atoms with Gasteiger partial charge >= 0.3 is 23.9 Å². The molecule has 88 heavy (non-hydrogen) atoms. The number of halogens is 3. The highest BCUT2D eigenvalue weighted by Crippen LogP contribution is 2.50. The van der Waals surface area contributed by atoms with Crippen LogP contribution in [-0.4, -0.2) is 163 Å². The van der Waals surface area contributed by atoms with Gasteiger partial charge in [-0.05, 0) is 107 Å². The number of Topliss-reactive ketones (excluding diaryl/α,β-unsaturated/α-hetero) is 2. The zero-order chi connectivity index (χ0) is 65.4. The third-order valence-corrected chi connectivity index (χ3v) is 18.9. The molecule has 2 aromatic rings. The molecule has 2 saturated heterocycles. The number of methoxy groups -OCH3 is 2. The molecule has 4 bridgehead atoms. The van der Waals surface area contributed by atoms with Crippen molar-refractivity contribution >= 4 is 102 Å². The van der Waals surface area contributed by atoms with Crippen LogP contribution in [-0.2, 0) is 70.1 Å². The van der Waals surface area contributed by atoms with E-state index in [0.717, 1.165) is 21.6 Å². The number of carbonyl (C=O) groups is 9. The second-order valence-electron chi connectivity index (χ2n) is 24.0. The monoisotopic (exact) mass is 1380 g/mol. The molecule has 5 amide bonds. The van der Waals surface area contributed by atoms with E-state index in [0.29, 0.717) is 52.6 Å². The van der Waals surface area contributed by atoms with E-state index in [-0.39, 0.29) is 93.0 Å². The molecule has 0 saturated carbocycles. The lowest BCUT2D eigenvalue weighted by atomic mass is 9.78. The van der Waals surface area contributed by atoms with E-state index >= 15 is 0 Å². The Bertz CT molecular complexity index is 2920. The van der Waals surface area contributed by atoms with Gasteiger partial charge in [0.2, 0.25) is 11.8 Å². The lowest BCUT2D eigenvalue weighted by Crippen LogP contribution is -2.53. The number of aliphatic hydroxyl groups is 1. The average molecular weight is 1380 g/mol. The van der Waals surface area contributed by atoms with Gasteiger partial charge in [0.25, 0.3) is 5.91 Å². The van der Waals surface area contributed by atoms with Crippen LogP contribution in [0, 0.1) is 30.6 Å². The number of benzene rings is 2. The number of fused-ring (bicyclic) bond motifs is 5. The van der Waals surface area contributed by atoms with Gasteiger partial charge in [0.05, 0.1) is 60.9 Å². The molecular weight excluding hydrogens is 1290 g/mol. The molecule has 0 spiro atoms. The molecule has 0 radical (unpaired) electrons. The van der Waals surface area contributed by atoms with Crippen molar-refractivity contribution in [1.82, 2.24) is 15.5 Å². The van der Waals surface area contributed by atoms with Crippen LogP contribution in [0.4, 0.5) is 10.5 Å². The Balaban J connectivity index is 1.32. The second kappa shape index (κ2) is 33.4. The van der Waals surface area contributed by atoms with Gasteiger partial charge in [-0.15, -0.1) is 0 Å². The number of amides is 5. The molecule has 24 heteroatoms. The number of epoxide rings is 1. The number of rotatable bonds is 27. The molecule has 21 nitrogen and oxygen atoms in total. The highest BCUT2D eigenvalue weighted by molar-refractivity contribution is 9.09. The molecular formula is C64H88Br2ClN5O16. The highest BCUT2D eigenvalue weighted by Gasteiger charge is 2.64. The van der Waals surface area contributed by atoms with Gasteiger partial charge in [-0.3, -0.25) is 33.6 Å². The quantitative estimate of drug-likeness (QED) is 0.0216. The van der Waals surface area contributed by atoms with E-state index in [1.807, 2.05) is 45.9 Å². The molecule has 2 aromatic carbocycles. The number of nitrogens with two attached hydrogens (primary N) is 1. The maximum absolute atomic E-state index is 14.5. The summed E-state index contributed by atoms with van der Waals surface area (Å²) < 4.78 is 35.3. The lowest BCUT2D eigenvalue weighted by molar-refractivity contribution is -0.187. The van der Waals surface area contributed by atoms with Gasteiger partial charge in [0, 0.05) is 75.9 Å². The number of carbonyl (C=O) groups excluding carboxylic acids is 9. The summed E-state index contributed by atoms with van der Waals surface area (Å²) in [6, 6.07) is 5.21. The molecule has 486 valence electrons. The molecule has 3 aliphatic heterocycles. The van der Waals surface area contributed by atoms with Crippen molar-refractivity contribution in [3.63, 3.8) is 0 Å². The van der Waals surface area contributed by atoms with E-state index in [9.17, 15) is 48.3 Å². The Morgan fingerprint density at radius 3 is 2.34 bits per heavy atom. The van der Waals surface area contributed by atoms with Crippen LogP contribution in [0.1, 0.15) is 133 Å². The summed E-state index contributed by atoms with van der Waals surface area (Å²) in [5.41, 5.74) is 5.72. The lowest BCUT2D eigenvalue weighted by Gasteiger charge is -2.41. The fraction of sp³-hybridized carbons (Fsp3) is 0.609. The number of urea groups is 1. The van der Waals surface area contributed by atoms with Crippen LogP contribution in [0.2, 0.25) is 5.02 Å². The summed E-state index contributed by atoms with van der Waals surface area (Å²) in [6.07, 6.45) is 3.46. The van der Waals surface area contributed by atoms with Gasteiger partial charge in [0.15, 0.2) is 5.78 Å². The van der Waals surface area contributed by atoms with Gasteiger partial charge in [0.1, 0.15) is 47.1 Å². The van der Waals surface area contributed by atoms with Crippen LogP contribution in [0.15, 0.2) is 54.1 Å². The number of ether oxygens (including phenoxy) is 6. The number of ketones is 2. The van der Waals surface area contributed by atoms with Crippen LogP contribution in [0.25, 0.3) is 0 Å². The van der Waals surface area contributed by atoms with Crippen molar-refractivity contribution in [3.05, 3.63) is 81.4 Å². The van der Waals surface area contributed by atoms with E-state index in [4.69, 9.17) is 45.8 Å². The van der Waals surface area contributed by atoms with Crippen LogP contribution >= 0.6 is 43.5 Å². The first-order valence-electron chi connectivity index (χ1n) is 29.9. The smallest absolute Gasteiger partial charge is 0.328 e. The Morgan fingerprint density at radius 2 is 1.69 bits per heavy atom. The van der Waals surface area contributed by atoms with Crippen LogP contribution < -0.4 is 26.0 Å². The first kappa shape index (κ1) is 73.0. The van der Waals surface area contributed by atoms with Gasteiger partial charge in [-0.2, -0.15) is 0 Å². The van der Waals surface area contributed by atoms with Crippen molar-refractivity contribution in [2.45, 2.75) is 173 Å². The minimum Gasteiger partial charge on any atom is -0.496 e. The standard InChI is InChI=1S/C64H88Br2ClN5O16/c1-36(2)46(30-44(73)18-13-12-14-24-85-61(80)43(34-65)35-66)58(77)70-47(19-16-23-69-62(68)81)49(74)28-41-21-22-45(50(29-41)83-10)59(78)71(8)40(6)60(79)87-53-31-54(75)72(9)48-27-42(26-38(4)56(48)67)25-37(3)17-15-20-52(84-11)64(82)32-51(86-55(76)33-64)39(5)57-63(53,7)88-57/h15,17,20-22,26-27,29,36,39-40,43,46-47,51-53,57,82H,12-14,16,18-19,23-25,28,30-35H2,1-11H3,(H,70,77)(H3,68,69,81)/b20-15+,37-17+/t39-,40+,46+,47+,51+,52-,53+,57+,63+,64-/m1/s1. The number of hydrogen-bond acceptors (Lipinski definition) is 16. The predicted octanol–water partition coefficient (Wildman–Crippen LogP) is 8.17. The SMILES string of the molecule is COc1cc(CC(=O)[C@H](CCCNC(N)=O)NC(=O)[C@@H](CC(=O)CCCCCOC(=O)C(CBr)CBr)C(C)C)ccc1C(=O)N(C)[C@@H](C)C(=O)O[C@H]1CC(=O)N(C)c2cc(cc(C)c2Cl)C/C(C)=C/C=C/[C@@H](OC)[C@]2(O)CC(=O)O[C@@H](C2)[C@@H](C)[C@@H]2O[C@@]12C. The van der Waals surface area contributed by atoms with Gasteiger partial charge in [-0.25, -0.2) is 9.59 Å². The van der Waals surface area contributed by atoms with E-state index in [1.54, 1.807) is 39.1 Å². The number of hydrogen-bond donors (Lipinski definition) is 4. The number of nitrogens with one attached hydrogen (secondary N) is 2. The van der Waals surface area contributed by atoms with Gasteiger partial charge in [-0.1, -0.05) is 100 Å². The van der Waals surface area contributed by atoms with Crippen molar-refractivity contribution in [2.24, 2.45) is 29.4 Å². The minimum atomic E-state index is -1.65. The maximum Gasteiger partial charge on any atom is 0.328 e. The zero-order valence-electron chi connectivity index (χ0n) is 52.4. The summed E-state index contributed by atoms with van der Waals surface area (Å²) in [4.78, 5) is 124. The molecule has 0 unspecified atom stereocenters. The van der Waals surface area contributed by atoms with Crippen molar-refractivity contribution in [2.75, 3.05) is 57.0 Å². The predicted molar refractivity (Wildman–Crippen MR) is 338 cm³/mol. The number of allylic oxidation sites excluding steroid dienone is 3. The number of aryl methyl sites for hydroxylation is 1. The second-order valence-corrected chi connectivity index (χ2v) is 25.7. The number of nitrogens with zero attached hydrogens (tertiary/aromatic N) is 2. The number of anilines is 1. The number of alkyl halides is 2. The van der Waals surface area contributed by atoms with E-state index < -0.39 is 107 Å². The fourth-order valence-corrected chi connectivity index (χ4v) is 13.0. The topological polar surface area (TPSA) is 289 Å². The third-order valence-electron chi connectivity index (χ3n) is 16.9. The fourth-order valence-electron chi connectivity index (χ4n) is 11.2. The summed E-state index contributed by atoms with van der Waals surface area (Å²) in [6.45, 7) is 12.7. The number of likely N-dealkylation sites (N-methyl/N-ethyl adjacent to an activating group) is 1. The summed E-state index contributed by atoms with van der Waals surface area (Å²) in [5.74, 6) is -5.77.